The van der Waals surface area contributed by atoms with Gasteiger partial charge in [-0.05, 0) is 36.4 Å². The fourth-order valence-electron chi connectivity index (χ4n) is 1.29. The van der Waals surface area contributed by atoms with Crippen LogP contribution in [0.4, 0.5) is 0 Å². The average Bonchev–Trinajstić information content (AvgIpc) is 2.56. The molecule has 0 aliphatic heterocycles. The van der Waals surface area contributed by atoms with Gasteiger partial charge in [-0.1, -0.05) is 6.07 Å². The highest BCUT2D eigenvalue weighted by Crippen LogP contribution is 2.25. The molecule has 2 aromatic rings. The fraction of sp³-hybridized carbons (Fsp3) is 0.200. The van der Waals surface area contributed by atoms with Gasteiger partial charge >= 0.3 is 0 Å². The van der Waals surface area contributed by atoms with Crippen LogP contribution in [0, 0.1) is 6.92 Å². The Morgan fingerprint density at radius 3 is 3.13 bits per heavy atom. The van der Waals surface area contributed by atoms with Crippen LogP contribution in [-0.4, -0.2) is 10.2 Å². The number of hydrogen-bond donors (Lipinski definition) is 2. The summed E-state index contributed by atoms with van der Waals surface area (Å²) in [5.41, 5.74) is 7.69. The summed E-state index contributed by atoms with van der Waals surface area (Å²) in [6.07, 6.45) is 0. The Morgan fingerprint density at radius 2 is 2.40 bits per heavy atom. The van der Waals surface area contributed by atoms with Crippen molar-refractivity contribution in [3.05, 3.63) is 28.8 Å². The van der Waals surface area contributed by atoms with Gasteiger partial charge in [0.25, 0.3) is 5.17 Å². The molecule has 4 N–H and O–H groups in total. The molecule has 1 heterocycles. The molecule has 0 radical (unpaired) electrons. The monoisotopic (exact) mass is 238 g/mol. The SMILES string of the molecule is Cc1ccc2sc(CSC(N)=[NH2+])nc2c1. The van der Waals surface area contributed by atoms with Gasteiger partial charge in [0.1, 0.15) is 5.01 Å². The normalized spacial score (nSPS) is 10.7. The number of thioether (sulfide) groups is 1. The first-order chi connectivity index (χ1) is 7.15. The number of aryl methyl sites for hydroxylation is 1. The van der Waals surface area contributed by atoms with Crippen molar-refractivity contribution in [3.8, 4) is 0 Å². The second-order valence-corrected chi connectivity index (χ2v) is 5.43. The standard InChI is InChI=1S/C10H11N3S2/c1-6-2-3-8-7(4-6)13-9(15-8)5-14-10(11)12/h2-4H,5H2,1H3,(H3,11,12)/p+1. The van der Waals surface area contributed by atoms with Crippen LogP contribution in [-0.2, 0) is 5.75 Å². The fourth-order valence-corrected chi connectivity index (χ4v) is 2.80. The number of rotatable bonds is 2. The van der Waals surface area contributed by atoms with Gasteiger partial charge in [0.05, 0.1) is 16.0 Å². The van der Waals surface area contributed by atoms with Crippen LogP contribution >= 0.6 is 23.1 Å². The third-order valence-corrected chi connectivity index (χ3v) is 3.92. The summed E-state index contributed by atoms with van der Waals surface area (Å²) in [6.45, 7) is 2.07. The first-order valence-corrected chi connectivity index (χ1v) is 6.32. The van der Waals surface area contributed by atoms with Gasteiger partial charge in [-0.2, -0.15) is 0 Å². The van der Waals surface area contributed by atoms with E-state index in [1.54, 1.807) is 11.3 Å². The molecule has 0 spiro atoms. The van der Waals surface area contributed by atoms with Gasteiger partial charge in [0.2, 0.25) is 0 Å². The molecule has 1 aromatic carbocycles. The van der Waals surface area contributed by atoms with Crippen molar-refractivity contribution in [3.63, 3.8) is 0 Å². The first kappa shape index (κ1) is 10.4. The van der Waals surface area contributed by atoms with Crippen molar-refractivity contribution in [1.29, 1.82) is 0 Å². The van der Waals surface area contributed by atoms with E-state index in [1.807, 2.05) is 0 Å². The number of amidine groups is 1. The predicted octanol–water partition coefficient (Wildman–Crippen LogP) is 0.912. The summed E-state index contributed by atoms with van der Waals surface area (Å²) in [6, 6.07) is 6.29. The number of fused-ring (bicyclic) bond motifs is 1. The van der Waals surface area contributed by atoms with E-state index in [0.29, 0.717) is 5.17 Å². The molecule has 15 heavy (non-hydrogen) atoms. The number of thiazole rings is 1. The lowest BCUT2D eigenvalue weighted by Gasteiger charge is -1.89. The van der Waals surface area contributed by atoms with Crippen LogP contribution in [0.5, 0.6) is 0 Å². The van der Waals surface area contributed by atoms with E-state index >= 15 is 0 Å². The Kier molecular flexibility index (Phi) is 2.93. The number of hydrogen-bond acceptors (Lipinski definition) is 3. The average molecular weight is 238 g/mol. The summed E-state index contributed by atoms with van der Waals surface area (Å²) >= 11 is 3.12. The van der Waals surface area contributed by atoms with Crippen LogP contribution in [0.1, 0.15) is 10.6 Å². The quantitative estimate of drug-likeness (QED) is 0.604. The van der Waals surface area contributed by atoms with Crippen molar-refractivity contribution in [1.82, 2.24) is 4.98 Å². The molecule has 0 bridgehead atoms. The maximum Gasteiger partial charge on any atom is 0.300 e. The van der Waals surface area contributed by atoms with Gasteiger partial charge < -0.3 is 0 Å². The predicted molar refractivity (Wildman–Crippen MR) is 66.8 cm³/mol. The van der Waals surface area contributed by atoms with Crippen LogP contribution in [0.2, 0.25) is 0 Å². The molecular formula is C10H12N3S2+. The van der Waals surface area contributed by atoms with Gasteiger partial charge in [0.15, 0.2) is 0 Å². The van der Waals surface area contributed by atoms with E-state index in [4.69, 9.17) is 11.1 Å². The lowest BCUT2D eigenvalue weighted by molar-refractivity contribution is -0.110. The van der Waals surface area contributed by atoms with Crippen LogP contribution in [0.3, 0.4) is 0 Å². The molecule has 0 aliphatic carbocycles. The van der Waals surface area contributed by atoms with Gasteiger partial charge in [0, 0.05) is 0 Å². The zero-order valence-electron chi connectivity index (χ0n) is 8.36. The maximum atomic E-state index is 5.39. The molecular weight excluding hydrogens is 226 g/mol. The second-order valence-electron chi connectivity index (χ2n) is 3.27. The molecule has 3 nitrogen and oxygen atoms in total. The molecule has 1 aromatic heterocycles. The summed E-state index contributed by atoms with van der Waals surface area (Å²) in [4.78, 5) is 4.52. The van der Waals surface area contributed by atoms with Crippen molar-refractivity contribution in [2.75, 3.05) is 0 Å². The van der Waals surface area contributed by atoms with E-state index in [9.17, 15) is 0 Å². The molecule has 0 unspecified atom stereocenters. The summed E-state index contributed by atoms with van der Waals surface area (Å²) in [5, 5.41) is 6.85. The van der Waals surface area contributed by atoms with E-state index in [0.717, 1.165) is 16.3 Å². The van der Waals surface area contributed by atoms with Crippen molar-refractivity contribution in [2.45, 2.75) is 12.7 Å². The topological polar surface area (TPSA) is 64.5 Å². The summed E-state index contributed by atoms with van der Waals surface area (Å²) < 4.78 is 1.21. The first-order valence-electron chi connectivity index (χ1n) is 4.52. The summed E-state index contributed by atoms with van der Waals surface area (Å²) in [5.74, 6) is 0.751. The lowest BCUT2D eigenvalue weighted by atomic mass is 10.2. The minimum absolute atomic E-state index is 0.394. The van der Waals surface area contributed by atoms with Gasteiger partial charge in [-0.15, -0.1) is 11.3 Å². The minimum atomic E-state index is 0.394. The van der Waals surface area contributed by atoms with E-state index in [2.05, 4.69) is 30.1 Å². The highest BCUT2D eigenvalue weighted by Gasteiger charge is 2.05. The summed E-state index contributed by atoms with van der Waals surface area (Å²) in [7, 11) is 0. The Labute approximate surface area is 96.2 Å². The van der Waals surface area contributed by atoms with Crippen LogP contribution < -0.4 is 11.1 Å². The third-order valence-electron chi connectivity index (χ3n) is 1.95. The van der Waals surface area contributed by atoms with Crippen LogP contribution in [0.15, 0.2) is 18.2 Å². The number of nitrogens with two attached hydrogens (primary N) is 2. The largest absolute Gasteiger partial charge is 0.300 e. The highest BCUT2D eigenvalue weighted by atomic mass is 32.2. The van der Waals surface area contributed by atoms with E-state index < -0.39 is 0 Å². The number of aromatic nitrogens is 1. The number of nitrogens with zero attached hydrogens (tertiary/aromatic N) is 1. The number of benzene rings is 1. The Balaban J connectivity index is 2.27. The zero-order chi connectivity index (χ0) is 10.8. The van der Waals surface area contributed by atoms with Gasteiger partial charge in [-0.3, -0.25) is 11.1 Å². The zero-order valence-corrected chi connectivity index (χ0v) is 9.99. The van der Waals surface area contributed by atoms with Crippen LogP contribution in [0.25, 0.3) is 10.2 Å². The van der Waals surface area contributed by atoms with Gasteiger partial charge in [-0.25, -0.2) is 4.98 Å². The van der Waals surface area contributed by atoms with E-state index in [1.165, 1.54) is 22.0 Å². The Hall–Kier alpha value is -1.07. The van der Waals surface area contributed by atoms with Crippen molar-refractivity contribution >= 4 is 38.5 Å². The molecule has 0 aliphatic rings. The smallest absolute Gasteiger partial charge is 0.282 e. The second kappa shape index (κ2) is 4.20. The Morgan fingerprint density at radius 1 is 1.60 bits per heavy atom. The molecule has 0 fully saturated rings. The third kappa shape index (κ3) is 2.49. The maximum absolute atomic E-state index is 5.39. The van der Waals surface area contributed by atoms with Crippen molar-refractivity contribution in [2.24, 2.45) is 5.73 Å². The van der Waals surface area contributed by atoms with Crippen molar-refractivity contribution < 1.29 is 5.41 Å². The minimum Gasteiger partial charge on any atom is -0.282 e. The van der Waals surface area contributed by atoms with E-state index in [-0.39, 0.29) is 0 Å². The molecule has 78 valence electrons. The molecule has 0 saturated carbocycles. The lowest BCUT2D eigenvalue weighted by Crippen LogP contribution is -2.43. The molecule has 5 heteroatoms. The Bertz CT molecular complexity index is 504. The molecule has 0 amide bonds. The molecule has 0 atom stereocenters. The molecule has 2 rings (SSSR count). The highest BCUT2D eigenvalue weighted by molar-refractivity contribution is 8.12. The molecule has 0 saturated heterocycles.